The van der Waals surface area contributed by atoms with Gasteiger partial charge < -0.3 is 9.88 Å². The zero-order valence-electron chi connectivity index (χ0n) is 24.6. The molecule has 6 rings (SSSR count). The second kappa shape index (κ2) is 12.0. The third kappa shape index (κ3) is 5.83. The largest absolute Gasteiger partial charge is 0.373 e. The molecule has 1 aromatic heterocycles. The highest BCUT2D eigenvalue weighted by Crippen LogP contribution is 2.46. The van der Waals surface area contributed by atoms with Crippen LogP contribution in [0.2, 0.25) is 0 Å². The third-order valence-corrected chi connectivity index (χ3v) is 8.51. The van der Waals surface area contributed by atoms with E-state index in [2.05, 4.69) is 123 Å². The molecule has 5 nitrogen and oxygen atoms in total. The van der Waals surface area contributed by atoms with Crippen LogP contribution < -0.4 is 5.32 Å². The minimum atomic E-state index is -0.236. The van der Waals surface area contributed by atoms with Crippen LogP contribution in [0.25, 0.3) is 22.0 Å². The number of amides is 1. The number of rotatable bonds is 7. The second-order valence-electron chi connectivity index (χ2n) is 11.5. The summed E-state index contributed by atoms with van der Waals surface area (Å²) in [6.45, 7) is 9.56. The lowest BCUT2D eigenvalue weighted by Gasteiger charge is -2.20. The molecule has 0 atom stereocenters. The van der Waals surface area contributed by atoms with Gasteiger partial charge in [-0.2, -0.15) is 9.59 Å². The summed E-state index contributed by atoms with van der Waals surface area (Å²) in [6.07, 6.45) is 2.22. The summed E-state index contributed by atoms with van der Waals surface area (Å²) in [5, 5.41) is 4.53. The summed E-state index contributed by atoms with van der Waals surface area (Å²) in [4.78, 5) is 29.7. The van der Waals surface area contributed by atoms with Gasteiger partial charge in [0.2, 0.25) is 0 Å². The minimum Gasteiger partial charge on any atom is -0.343 e. The lowest BCUT2D eigenvalue weighted by Crippen LogP contribution is -2.34. The van der Waals surface area contributed by atoms with E-state index in [4.69, 9.17) is 9.59 Å². The molecule has 0 aliphatic heterocycles. The Morgan fingerprint density at radius 1 is 0.857 bits per heavy atom. The van der Waals surface area contributed by atoms with Gasteiger partial charge in [0.15, 0.2) is 0 Å². The van der Waals surface area contributed by atoms with E-state index in [0.29, 0.717) is 5.92 Å². The van der Waals surface area contributed by atoms with E-state index in [9.17, 15) is 4.79 Å². The van der Waals surface area contributed by atoms with E-state index in [1.54, 1.807) is 0 Å². The summed E-state index contributed by atoms with van der Waals surface area (Å²) < 4.78 is 2.36. The molecule has 5 aromatic rings. The van der Waals surface area contributed by atoms with E-state index in [0.717, 1.165) is 30.3 Å². The van der Waals surface area contributed by atoms with Crippen molar-refractivity contribution in [1.29, 1.82) is 0 Å². The van der Waals surface area contributed by atoms with Crippen LogP contribution in [-0.2, 0) is 21.7 Å². The molecular weight excluding hydrogens is 520 g/mol. The zero-order chi connectivity index (χ0) is 29.9. The van der Waals surface area contributed by atoms with Crippen molar-refractivity contribution in [2.45, 2.75) is 58.5 Å². The van der Waals surface area contributed by atoms with Gasteiger partial charge in [0, 0.05) is 28.7 Å². The number of carbonyl (C=O) groups is 1. The molecule has 4 aromatic carbocycles. The van der Waals surface area contributed by atoms with Gasteiger partial charge >= 0.3 is 6.15 Å². The maximum absolute atomic E-state index is 13.5. The topological polar surface area (TPSA) is 68.2 Å². The van der Waals surface area contributed by atoms with Crippen molar-refractivity contribution in [3.05, 3.63) is 131 Å². The molecule has 0 saturated heterocycles. The molecular formula is C37H36N2O3. The average Bonchev–Trinajstić information content (AvgIpc) is 3.76. The normalized spacial score (nSPS) is 13.3. The van der Waals surface area contributed by atoms with Crippen LogP contribution in [0.5, 0.6) is 0 Å². The Labute approximate surface area is 247 Å². The van der Waals surface area contributed by atoms with Gasteiger partial charge in [-0.05, 0) is 84.2 Å². The Balaban J connectivity index is 0.00000113. The summed E-state index contributed by atoms with van der Waals surface area (Å²) in [7, 11) is 0. The first-order chi connectivity index (χ1) is 20.3. The monoisotopic (exact) mass is 556 g/mol. The second-order valence-corrected chi connectivity index (χ2v) is 11.5. The predicted molar refractivity (Wildman–Crippen MR) is 166 cm³/mol. The van der Waals surface area contributed by atoms with E-state index < -0.39 is 0 Å². The van der Waals surface area contributed by atoms with Gasteiger partial charge in [-0.3, -0.25) is 4.79 Å². The van der Waals surface area contributed by atoms with Gasteiger partial charge in [-0.25, -0.2) is 0 Å². The maximum Gasteiger partial charge on any atom is 0.373 e. The van der Waals surface area contributed by atoms with Gasteiger partial charge in [0.1, 0.15) is 0 Å². The van der Waals surface area contributed by atoms with Crippen molar-refractivity contribution in [3.8, 4) is 11.1 Å². The van der Waals surface area contributed by atoms with E-state index in [1.165, 1.54) is 44.6 Å². The molecule has 0 spiro atoms. The van der Waals surface area contributed by atoms with Crippen molar-refractivity contribution >= 4 is 23.0 Å². The minimum absolute atomic E-state index is 0.00524. The molecule has 42 heavy (non-hydrogen) atoms. The maximum atomic E-state index is 13.5. The zero-order valence-corrected chi connectivity index (χ0v) is 24.6. The van der Waals surface area contributed by atoms with E-state index in [1.807, 2.05) is 12.1 Å². The highest BCUT2D eigenvalue weighted by atomic mass is 16.2. The molecule has 1 heterocycles. The number of nitrogens with one attached hydrogen (secondary N) is 1. The van der Waals surface area contributed by atoms with E-state index >= 15 is 0 Å². The van der Waals surface area contributed by atoms with Crippen molar-refractivity contribution < 1.29 is 14.4 Å². The lowest BCUT2D eigenvalue weighted by molar-refractivity contribution is -0.191. The van der Waals surface area contributed by atoms with Crippen LogP contribution in [0, 0.1) is 13.8 Å². The summed E-state index contributed by atoms with van der Waals surface area (Å²) in [5.41, 5.74) is 10.4. The number of fused-ring (bicyclic) bond motifs is 1. The number of aromatic nitrogens is 1. The van der Waals surface area contributed by atoms with Crippen molar-refractivity contribution in [1.82, 2.24) is 9.88 Å². The standard InChI is InChI=1S/C36H36N2O.CO2/c1-24(2)30-11-8-12-32(21-30)36(19-20-36)37-35(39)31-17-18-34-33(22-31)25(3)26(4)38(34)23-27-13-15-29(16-14-27)28-9-6-5-7-10-28;2-1-3/h5-18,21-22,24H,19-20,23H2,1-4H3,(H,37,39);. The first kappa shape index (κ1) is 28.8. The van der Waals surface area contributed by atoms with Gasteiger partial charge in [0.05, 0.1) is 5.54 Å². The molecule has 1 fully saturated rings. The Morgan fingerprint density at radius 2 is 1.52 bits per heavy atom. The molecule has 0 bridgehead atoms. The van der Waals surface area contributed by atoms with Crippen molar-refractivity contribution in [3.63, 3.8) is 0 Å². The first-order valence-electron chi connectivity index (χ1n) is 14.4. The van der Waals surface area contributed by atoms with Crippen LogP contribution in [0.15, 0.2) is 97.1 Å². The fourth-order valence-electron chi connectivity index (χ4n) is 5.71. The number of nitrogens with zero attached hydrogens (tertiary/aromatic N) is 1. The summed E-state index contributed by atoms with van der Waals surface area (Å²) in [5.74, 6) is 0.474. The molecule has 212 valence electrons. The lowest BCUT2D eigenvalue weighted by atomic mass is 9.96. The molecule has 1 aliphatic rings. The molecule has 1 aliphatic carbocycles. The molecule has 5 heteroatoms. The van der Waals surface area contributed by atoms with Gasteiger partial charge in [-0.15, -0.1) is 0 Å². The Bertz CT molecular complexity index is 1750. The number of hydrogen-bond acceptors (Lipinski definition) is 3. The van der Waals surface area contributed by atoms with Crippen LogP contribution in [-0.4, -0.2) is 16.6 Å². The quantitative estimate of drug-likeness (QED) is 0.221. The highest BCUT2D eigenvalue weighted by Gasteiger charge is 2.45. The van der Waals surface area contributed by atoms with E-state index in [-0.39, 0.29) is 17.6 Å². The molecule has 1 N–H and O–H groups in total. The molecule has 0 radical (unpaired) electrons. The summed E-state index contributed by atoms with van der Waals surface area (Å²) in [6, 6.07) is 34.2. The van der Waals surface area contributed by atoms with Crippen molar-refractivity contribution in [2.75, 3.05) is 0 Å². The highest BCUT2D eigenvalue weighted by molar-refractivity contribution is 5.99. The van der Waals surface area contributed by atoms with Gasteiger partial charge in [-0.1, -0.05) is 92.7 Å². The SMILES string of the molecule is Cc1c(C)n(Cc2ccc(-c3ccccc3)cc2)c2ccc(C(=O)NC3(c4cccc(C(C)C)c4)CC3)cc12.O=C=O. The molecule has 0 unspecified atom stereocenters. The predicted octanol–water partition coefficient (Wildman–Crippen LogP) is 7.93. The van der Waals surface area contributed by atoms with Gasteiger partial charge in [0.25, 0.3) is 5.91 Å². The van der Waals surface area contributed by atoms with Crippen LogP contribution in [0.1, 0.15) is 70.9 Å². The number of hydrogen-bond donors (Lipinski definition) is 1. The fraction of sp³-hybridized carbons (Fsp3) is 0.243. The summed E-state index contributed by atoms with van der Waals surface area (Å²) >= 11 is 0. The number of benzene rings is 4. The average molecular weight is 557 g/mol. The van der Waals surface area contributed by atoms with Crippen molar-refractivity contribution in [2.24, 2.45) is 0 Å². The van der Waals surface area contributed by atoms with Crippen LogP contribution >= 0.6 is 0 Å². The number of carbonyl (C=O) groups excluding carboxylic acids is 3. The smallest absolute Gasteiger partial charge is 0.343 e. The Hall–Kier alpha value is -4.73. The fourth-order valence-corrected chi connectivity index (χ4v) is 5.71. The Kier molecular flexibility index (Phi) is 8.24. The molecule has 1 amide bonds. The number of aryl methyl sites for hydroxylation is 1. The Morgan fingerprint density at radius 3 is 2.17 bits per heavy atom. The first-order valence-corrected chi connectivity index (χ1v) is 14.4. The molecule has 1 saturated carbocycles. The van der Waals surface area contributed by atoms with Crippen LogP contribution in [0.3, 0.4) is 0 Å². The van der Waals surface area contributed by atoms with Crippen LogP contribution in [0.4, 0.5) is 0 Å². The third-order valence-electron chi connectivity index (χ3n) is 8.51.